The van der Waals surface area contributed by atoms with Crippen molar-refractivity contribution in [3.63, 3.8) is 0 Å². The molecule has 2 heterocycles. The van der Waals surface area contributed by atoms with Gasteiger partial charge in [0.15, 0.2) is 0 Å². The van der Waals surface area contributed by atoms with Gasteiger partial charge in [-0.25, -0.2) is 0 Å². The van der Waals surface area contributed by atoms with Crippen molar-refractivity contribution in [2.75, 3.05) is 31.1 Å². The Hall–Kier alpha value is -2.05. The molecule has 6 heteroatoms. The zero-order valence-electron chi connectivity index (χ0n) is 15.9. The lowest BCUT2D eigenvalue weighted by molar-refractivity contribution is -0.204. The molecule has 1 saturated heterocycles. The number of hydrogen-bond donors (Lipinski definition) is 0. The summed E-state index contributed by atoms with van der Waals surface area (Å²) in [6, 6.07) is 14.7. The van der Waals surface area contributed by atoms with E-state index in [2.05, 4.69) is 0 Å². The zero-order valence-corrected chi connectivity index (χ0v) is 15.9. The summed E-state index contributed by atoms with van der Waals surface area (Å²) in [5, 5.41) is 0. The molecule has 2 aromatic rings. The van der Waals surface area contributed by atoms with E-state index < -0.39 is 24.4 Å². The van der Waals surface area contributed by atoms with Crippen LogP contribution in [0, 0.1) is 0 Å². The third-order valence-corrected chi connectivity index (χ3v) is 5.87. The summed E-state index contributed by atoms with van der Waals surface area (Å²) in [5.41, 5.74) is 2.78. The number of hydrogen-bond acceptors (Lipinski definition) is 3. The fraction of sp³-hybridized carbons (Fsp3) is 0.455. The van der Waals surface area contributed by atoms with Gasteiger partial charge < -0.3 is 9.64 Å². The van der Waals surface area contributed by atoms with Crippen molar-refractivity contribution in [2.45, 2.75) is 37.7 Å². The highest BCUT2D eigenvalue weighted by molar-refractivity contribution is 5.50. The number of para-hydroxylation sites is 1. The van der Waals surface area contributed by atoms with E-state index in [4.69, 9.17) is 4.74 Å². The van der Waals surface area contributed by atoms with Gasteiger partial charge >= 0.3 is 6.18 Å². The molecule has 2 aromatic carbocycles. The summed E-state index contributed by atoms with van der Waals surface area (Å²) in [4.78, 5) is 3.45. The molecule has 3 atom stereocenters. The van der Waals surface area contributed by atoms with Gasteiger partial charge in [-0.2, -0.15) is 13.2 Å². The van der Waals surface area contributed by atoms with E-state index in [0.29, 0.717) is 26.2 Å². The molecular formula is C22H25F3N2O. The minimum atomic E-state index is -4.34. The molecule has 3 unspecified atom stereocenters. The van der Waals surface area contributed by atoms with E-state index in [1.807, 2.05) is 59.5 Å². The summed E-state index contributed by atoms with van der Waals surface area (Å²) in [6.45, 7) is 3.51. The van der Waals surface area contributed by atoms with E-state index in [1.54, 1.807) is 11.8 Å². The quantitative estimate of drug-likeness (QED) is 0.771. The summed E-state index contributed by atoms with van der Waals surface area (Å²) in [5.74, 6) is 0. The number of alkyl halides is 3. The first-order chi connectivity index (χ1) is 13.5. The van der Waals surface area contributed by atoms with Crippen molar-refractivity contribution >= 4 is 5.69 Å². The number of piperazine rings is 1. The van der Waals surface area contributed by atoms with E-state index >= 15 is 0 Å². The van der Waals surface area contributed by atoms with Crippen molar-refractivity contribution in [2.24, 2.45) is 0 Å². The van der Waals surface area contributed by atoms with Gasteiger partial charge in [0.2, 0.25) is 0 Å². The zero-order chi connectivity index (χ0) is 19.7. The SMILES string of the molecule is CCN1CCN(c2ccccc2)C(C2OCCc3ccccc32)C1C(F)(F)F. The molecule has 0 saturated carbocycles. The Balaban J connectivity index is 1.83. The number of anilines is 1. The normalized spacial score (nSPS) is 26.1. The van der Waals surface area contributed by atoms with Gasteiger partial charge in [-0.3, -0.25) is 4.90 Å². The first kappa shape index (κ1) is 19.3. The fourth-order valence-electron chi connectivity index (χ4n) is 4.62. The third-order valence-electron chi connectivity index (χ3n) is 5.87. The summed E-state index contributed by atoms with van der Waals surface area (Å²) < 4.78 is 49.0. The number of nitrogens with zero attached hydrogens (tertiary/aromatic N) is 2. The van der Waals surface area contributed by atoms with Crippen LogP contribution in [-0.4, -0.2) is 49.4 Å². The van der Waals surface area contributed by atoms with Crippen LogP contribution < -0.4 is 4.90 Å². The van der Waals surface area contributed by atoms with Gasteiger partial charge in [-0.05, 0) is 36.2 Å². The molecule has 0 aliphatic carbocycles. The number of halogens is 3. The summed E-state index contributed by atoms with van der Waals surface area (Å²) >= 11 is 0. The predicted molar refractivity (Wildman–Crippen MR) is 104 cm³/mol. The van der Waals surface area contributed by atoms with Gasteiger partial charge in [0.05, 0.1) is 12.6 Å². The highest BCUT2D eigenvalue weighted by Crippen LogP contribution is 2.42. The van der Waals surface area contributed by atoms with Crippen molar-refractivity contribution in [3.05, 3.63) is 65.7 Å². The van der Waals surface area contributed by atoms with Crippen molar-refractivity contribution < 1.29 is 17.9 Å². The Bertz CT molecular complexity index is 796. The predicted octanol–water partition coefficient (Wildman–Crippen LogP) is 4.44. The molecule has 4 rings (SSSR count). The fourth-order valence-corrected chi connectivity index (χ4v) is 4.62. The first-order valence-electron chi connectivity index (χ1n) is 9.82. The first-order valence-corrected chi connectivity index (χ1v) is 9.82. The lowest BCUT2D eigenvalue weighted by Gasteiger charge is -2.52. The molecule has 150 valence electrons. The van der Waals surface area contributed by atoms with E-state index in [9.17, 15) is 13.2 Å². The maximum Gasteiger partial charge on any atom is 0.406 e. The van der Waals surface area contributed by atoms with Crippen LogP contribution in [0.15, 0.2) is 54.6 Å². The molecule has 0 bridgehead atoms. The van der Waals surface area contributed by atoms with Crippen LogP contribution in [0.2, 0.25) is 0 Å². The van der Waals surface area contributed by atoms with E-state index in [-0.39, 0.29) is 0 Å². The Morgan fingerprint density at radius 2 is 1.71 bits per heavy atom. The van der Waals surface area contributed by atoms with Gasteiger partial charge in [-0.15, -0.1) is 0 Å². The van der Waals surface area contributed by atoms with Crippen LogP contribution in [0.3, 0.4) is 0 Å². The number of rotatable bonds is 3. The lowest BCUT2D eigenvalue weighted by Crippen LogP contribution is -2.67. The van der Waals surface area contributed by atoms with Crippen LogP contribution in [-0.2, 0) is 11.2 Å². The minimum absolute atomic E-state index is 0.359. The Kier molecular flexibility index (Phi) is 5.34. The molecular weight excluding hydrogens is 365 g/mol. The van der Waals surface area contributed by atoms with Crippen LogP contribution >= 0.6 is 0 Å². The maximum atomic E-state index is 14.3. The smallest absolute Gasteiger partial charge is 0.371 e. The highest BCUT2D eigenvalue weighted by Gasteiger charge is 2.55. The lowest BCUT2D eigenvalue weighted by atomic mass is 9.86. The van der Waals surface area contributed by atoms with Gasteiger partial charge in [-0.1, -0.05) is 49.4 Å². The van der Waals surface area contributed by atoms with E-state index in [1.165, 1.54) is 0 Å². The van der Waals surface area contributed by atoms with Gasteiger partial charge in [0.25, 0.3) is 0 Å². The van der Waals surface area contributed by atoms with E-state index in [0.717, 1.165) is 23.2 Å². The number of benzene rings is 2. The molecule has 0 N–H and O–H groups in total. The van der Waals surface area contributed by atoms with Crippen molar-refractivity contribution in [3.8, 4) is 0 Å². The standard InChI is InChI=1S/C22H25F3N2O/c1-2-26-13-14-27(17-9-4-3-5-10-17)19(21(26)22(23,24)25)20-18-11-7-6-8-16(18)12-15-28-20/h3-11,19-21H,2,12-15H2,1H3. The molecule has 28 heavy (non-hydrogen) atoms. The Morgan fingerprint density at radius 3 is 2.43 bits per heavy atom. The van der Waals surface area contributed by atoms with Crippen LogP contribution in [0.1, 0.15) is 24.2 Å². The highest BCUT2D eigenvalue weighted by atomic mass is 19.4. The number of fused-ring (bicyclic) bond motifs is 1. The molecule has 3 nitrogen and oxygen atoms in total. The molecule has 0 spiro atoms. The summed E-state index contributed by atoms with van der Waals surface area (Å²) in [7, 11) is 0. The monoisotopic (exact) mass is 390 g/mol. The maximum absolute atomic E-state index is 14.3. The molecule has 2 aliphatic rings. The molecule has 1 fully saturated rings. The Labute approximate surface area is 163 Å². The minimum Gasteiger partial charge on any atom is -0.371 e. The summed E-state index contributed by atoms with van der Waals surface area (Å²) in [6.07, 6.45) is -4.23. The molecule has 0 amide bonds. The number of likely N-dealkylation sites (N-methyl/N-ethyl adjacent to an activating group) is 1. The van der Waals surface area contributed by atoms with Crippen molar-refractivity contribution in [1.82, 2.24) is 4.90 Å². The topological polar surface area (TPSA) is 15.7 Å². The second kappa shape index (κ2) is 7.76. The second-order valence-corrected chi connectivity index (χ2v) is 7.37. The molecule has 0 aromatic heterocycles. The number of ether oxygens (including phenoxy) is 1. The molecule has 0 radical (unpaired) electrons. The van der Waals surface area contributed by atoms with Crippen LogP contribution in [0.5, 0.6) is 0 Å². The third kappa shape index (κ3) is 3.51. The van der Waals surface area contributed by atoms with Gasteiger partial charge in [0, 0.05) is 18.8 Å². The largest absolute Gasteiger partial charge is 0.406 e. The second-order valence-electron chi connectivity index (χ2n) is 7.37. The van der Waals surface area contributed by atoms with Crippen LogP contribution in [0.4, 0.5) is 18.9 Å². The average molecular weight is 390 g/mol. The average Bonchev–Trinajstić information content (AvgIpc) is 2.72. The molecule has 2 aliphatic heterocycles. The van der Waals surface area contributed by atoms with Gasteiger partial charge in [0.1, 0.15) is 12.1 Å². The van der Waals surface area contributed by atoms with Crippen LogP contribution in [0.25, 0.3) is 0 Å². The van der Waals surface area contributed by atoms with Crippen molar-refractivity contribution in [1.29, 1.82) is 0 Å². The Morgan fingerprint density at radius 1 is 1.00 bits per heavy atom.